The number of thioether (sulfide) groups is 1. The Bertz CT molecular complexity index is 755. The van der Waals surface area contributed by atoms with Gasteiger partial charge < -0.3 is 10.2 Å². The average molecular weight is 379 g/mol. The van der Waals surface area contributed by atoms with Crippen molar-refractivity contribution < 1.29 is 24.6 Å². The predicted octanol–water partition coefficient (Wildman–Crippen LogP) is 2.94. The number of hydrogen-bond donors (Lipinski definition) is 2. The molecular formula is C17H17NO5S2. The highest BCUT2D eigenvalue weighted by Crippen LogP contribution is 2.34. The van der Waals surface area contributed by atoms with Crippen molar-refractivity contribution >= 4 is 52.2 Å². The number of carboxylic acid groups (broad SMARTS) is 2. The lowest BCUT2D eigenvalue weighted by molar-refractivity contribution is -0.150. The van der Waals surface area contributed by atoms with E-state index in [1.807, 2.05) is 24.3 Å². The lowest BCUT2D eigenvalue weighted by Crippen LogP contribution is -2.45. The summed E-state index contributed by atoms with van der Waals surface area (Å²) in [6, 6.07) is 6.14. The van der Waals surface area contributed by atoms with Gasteiger partial charge in [-0.1, -0.05) is 62.1 Å². The van der Waals surface area contributed by atoms with Crippen LogP contribution in [0.15, 0.2) is 29.2 Å². The van der Waals surface area contributed by atoms with Crippen LogP contribution in [0.25, 0.3) is 6.08 Å². The van der Waals surface area contributed by atoms with E-state index in [0.29, 0.717) is 5.92 Å². The molecule has 132 valence electrons. The monoisotopic (exact) mass is 379 g/mol. The first-order chi connectivity index (χ1) is 11.7. The van der Waals surface area contributed by atoms with Crippen molar-refractivity contribution in [2.24, 2.45) is 0 Å². The summed E-state index contributed by atoms with van der Waals surface area (Å²) in [6.45, 7) is 4.16. The number of carboxylic acids is 2. The minimum Gasteiger partial charge on any atom is -0.481 e. The lowest BCUT2D eigenvalue weighted by Gasteiger charge is -2.21. The van der Waals surface area contributed by atoms with Gasteiger partial charge in [0.1, 0.15) is 10.4 Å². The van der Waals surface area contributed by atoms with Gasteiger partial charge in [-0.3, -0.25) is 14.5 Å². The van der Waals surface area contributed by atoms with Crippen molar-refractivity contribution in [1.29, 1.82) is 0 Å². The van der Waals surface area contributed by atoms with Crippen molar-refractivity contribution in [3.8, 4) is 0 Å². The Hall–Kier alpha value is -2.19. The Balaban J connectivity index is 2.27. The first kappa shape index (κ1) is 19.1. The standard InChI is InChI=1S/C17H17NO5S2/c1-9(2)11-5-3-10(4-6-11)7-13-15(21)18(17(24)25-13)12(16(22)23)8-14(19)20/h3-7,9,12H,8H2,1-2H3,(H,19,20)(H,22,23)/b13-7+/t12-/m0/s1. The molecule has 0 saturated carbocycles. The van der Waals surface area contributed by atoms with E-state index in [1.54, 1.807) is 6.08 Å². The van der Waals surface area contributed by atoms with Crippen LogP contribution in [0.1, 0.15) is 37.3 Å². The molecule has 1 aromatic rings. The smallest absolute Gasteiger partial charge is 0.327 e. The van der Waals surface area contributed by atoms with E-state index in [-0.39, 0.29) is 9.23 Å². The molecule has 0 aliphatic carbocycles. The van der Waals surface area contributed by atoms with Crippen LogP contribution in [-0.4, -0.2) is 43.3 Å². The Morgan fingerprint density at radius 3 is 2.32 bits per heavy atom. The Morgan fingerprint density at radius 2 is 1.84 bits per heavy atom. The van der Waals surface area contributed by atoms with Crippen molar-refractivity contribution in [3.63, 3.8) is 0 Å². The first-order valence-electron chi connectivity index (χ1n) is 7.52. The van der Waals surface area contributed by atoms with Crippen LogP contribution >= 0.6 is 24.0 Å². The van der Waals surface area contributed by atoms with Crippen LogP contribution in [0.3, 0.4) is 0 Å². The molecular weight excluding hydrogens is 362 g/mol. The number of rotatable bonds is 6. The number of carbonyl (C=O) groups excluding carboxylic acids is 1. The van der Waals surface area contributed by atoms with E-state index in [1.165, 1.54) is 0 Å². The van der Waals surface area contributed by atoms with E-state index >= 15 is 0 Å². The maximum absolute atomic E-state index is 12.5. The van der Waals surface area contributed by atoms with Crippen LogP contribution < -0.4 is 0 Å². The van der Waals surface area contributed by atoms with Crippen molar-refractivity contribution in [2.45, 2.75) is 32.2 Å². The molecule has 1 atom stereocenters. The molecule has 6 nitrogen and oxygen atoms in total. The lowest BCUT2D eigenvalue weighted by atomic mass is 10.0. The predicted molar refractivity (Wildman–Crippen MR) is 99.2 cm³/mol. The summed E-state index contributed by atoms with van der Waals surface area (Å²) in [7, 11) is 0. The number of hydrogen-bond acceptors (Lipinski definition) is 5. The van der Waals surface area contributed by atoms with Gasteiger partial charge >= 0.3 is 11.9 Å². The topological polar surface area (TPSA) is 94.9 Å². The van der Waals surface area contributed by atoms with E-state index in [2.05, 4.69) is 13.8 Å². The molecule has 1 saturated heterocycles. The maximum atomic E-state index is 12.5. The maximum Gasteiger partial charge on any atom is 0.327 e. The second-order valence-corrected chi connectivity index (χ2v) is 7.50. The highest BCUT2D eigenvalue weighted by molar-refractivity contribution is 8.26. The zero-order valence-corrected chi connectivity index (χ0v) is 15.3. The third kappa shape index (κ3) is 4.46. The molecule has 1 fully saturated rings. The molecule has 1 aliphatic rings. The molecule has 0 bridgehead atoms. The van der Waals surface area contributed by atoms with Crippen LogP contribution in [0, 0.1) is 0 Å². The largest absolute Gasteiger partial charge is 0.481 e. The van der Waals surface area contributed by atoms with E-state index in [0.717, 1.165) is 27.8 Å². The minimum absolute atomic E-state index is 0.0451. The van der Waals surface area contributed by atoms with Gasteiger partial charge in [-0.05, 0) is 23.1 Å². The average Bonchev–Trinajstić information content (AvgIpc) is 2.79. The third-order valence-electron chi connectivity index (χ3n) is 3.69. The molecule has 8 heteroatoms. The van der Waals surface area contributed by atoms with Gasteiger partial charge in [0.2, 0.25) is 0 Å². The molecule has 2 rings (SSSR count). The SMILES string of the molecule is CC(C)c1ccc(/C=C2/SC(=S)N([C@@H](CC(=O)O)C(=O)O)C2=O)cc1. The fourth-order valence-electron chi connectivity index (χ4n) is 2.33. The van der Waals surface area contributed by atoms with E-state index in [4.69, 9.17) is 17.3 Å². The van der Waals surface area contributed by atoms with Gasteiger partial charge in [0.25, 0.3) is 5.91 Å². The molecule has 1 aromatic carbocycles. The number of aliphatic carboxylic acids is 2. The third-order valence-corrected chi connectivity index (χ3v) is 5.02. The summed E-state index contributed by atoms with van der Waals surface area (Å²) in [5.74, 6) is -2.91. The van der Waals surface area contributed by atoms with E-state index < -0.39 is 30.3 Å². The van der Waals surface area contributed by atoms with Gasteiger partial charge in [-0.15, -0.1) is 0 Å². The second kappa shape index (κ2) is 7.79. The van der Waals surface area contributed by atoms with Crippen LogP contribution in [0.5, 0.6) is 0 Å². The molecule has 0 unspecified atom stereocenters. The summed E-state index contributed by atoms with van der Waals surface area (Å²) < 4.78 is 0.0451. The van der Waals surface area contributed by atoms with Crippen LogP contribution in [0.4, 0.5) is 0 Å². The van der Waals surface area contributed by atoms with Crippen LogP contribution in [0.2, 0.25) is 0 Å². The summed E-state index contributed by atoms with van der Waals surface area (Å²) in [5, 5.41) is 18.1. The summed E-state index contributed by atoms with van der Waals surface area (Å²) in [5.41, 5.74) is 1.95. The number of carbonyl (C=O) groups is 3. The number of benzene rings is 1. The zero-order chi connectivity index (χ0) is 18.7. The first-order valence-corrected chi connectivity index (χ1v) is 8.74. The quantitative estimate of drug-likeness (QED) is 0.579. The van der Waals surface area contributed by atoms with Gasteiger partial charge in [-0.2, -0.15) is 0 Å². The van der Waals surface area contributed by atoms with Crippen molar-refractivity contribution in [3.05, 3.63) is 40.3 Å². The van der Waals surface area contributed by atoms with E-state index in [9.17, 15) is 19.5 Å². The fourth-order valence-corrected chi connectivity index (χ4v) is 3.69. The molecule has 1 heterocycles. The molecule has 0 radical (unpaired) electrons. The van der Waals surface area contributed by atoms with Gasteiger partial charge in [0.15, 0.2) is 0 Å². The Kier molecular flexibility index (Phi) is 5.97. The number of amides is 1. The summed E-state index contributed by atoms with van der Waals surface area (Å²) in [4.78, 5) is 35.9. The van der Waals surface area contributed by atoms with Gasteiger partial charge in [-0.25, -0.2) is 4.79 Å². The molecule has 0 spiro atoms. The zero-order valence-electron chi connectivity index (χ0n) is 13.6. The van der Waals surface area contributed by atoms with Crippen molar-refractivity contribution in [2.75, 3.05) is 0 Å². The molecule has 0 aromatic heterocycles. The van der Waals surface area contributed by atoms with Gasteiger partial charge in [0, 0.05) is 0 Å². The van der Waals surface area contributed by atoms with Crippen LogP contribution in [-0.2, 0) is 14.4 Å². The van der Waals surface area contributed by atoms with Gasteiger partial charge in [0.05, 0.1) is 11.3 Å². The number of thiocarbonyl (C=S) groups is 1. The highest BCUT2D eigenvalue weighted by Gasteiger charge is 2.41. The Morgan fingerprint density at radius 1 is 1.24 bits per heavy atom. The van der Waals surface area contributed by atoms with Crippen molar-refractivity contribution in [1.82, 2.24) is 4.90 Å². The summed E-state index contributed by atoms with van der Waals surface area (Å²) >= 11 is 6.06. The normalized spacial score (nSPS) is 17.4. The molecule has 2 N–H and O–H groups in total. The fraction of sp³-hybridized carbons (Fsp3) is 0.294. The molecule has 25 heavy (non-hydrogen) atoms. The minimum atomic E-state index is -1.51. The summed E-state index contributed by atoms with van der Waals surface area (Å²) in [6.07, 6.45) is 0.918. The highest BCUT2D eigenvalue weighted by atomic mass is 32.2. The Labute approximate surface area is 154 Å². The second-order valence-electron chi connectivity index (χ2n) is 5.82. The molecule has 1 amide bonds. The molecule has 1 aliphatic heterocycles. The number of nitrogens with zero attached hydrogens (tertiary/aromatic N) is 1.